The van der Waals surface area contributed by atoms with Crippen molar-refractivity contribution in [3.8, 4) is 0 Å². The molecule has 1 aromatic heterocycles. The molecule has 0 aliphatic heterocycles. The molecule has 18 heavy (non-hydrogen) atoms. The number of halogens is 1. The zero-order chi connectivity index (χ0) is 12.8. The van der Waals surface area contributed by atoms with E-state index in [-0.39, 0.29) is 0 Å². The van der Waals surface area contributed by atoms with Gasteiger partial charge in [0.05, 0.1) is 6.04 Å². The normalized spacial score (nSPS) is 18.3. The van der Waals surface area contributed by atoms with Crippen molar-refractivity contribution < 1.29 is 4.42 Å². The molecule has 1 saturated carbocycles. The molecule has 1 atom stereocenters. The molecular weight excluding hydrogens is 246 g/mol. The van der Waals surface area contributed by atoms with Gasteiger partial charge in [0.25, 0.3) is 0 Å². The van der Waals surface area contributed by atoms with Crippen LogP contribution in [-0.2, 0) is 0 Å². The van der Waals surface area contributed by atoms with E-state index >= 15 is 0 Å². The highest BCUT2D eigenvalue weighted by Crippen LogP contribution is 2.32. The van der Waals surface area contributed by atoms with Gasteiger partial charge in [0.2, 0.25) is 0 Å². The zero-order valence-electron chi connectivity index (χ0n) is 11.3. The molecule has 1 N–H and O–H groups in total. The summed E-state index contributed by atoms with van der Waals surface area (Å²) in [6, 6.07) is 4.18. The number of nitrogens with one attached hydrogen (secondary N) is 1. The minimum absolute atomic E-state index is 0.332. The molecule has 0 amide bonds. The second-order valence-electron chi connectivity index (χ2n) is 5.38. The third-order valence-corrected chi connectivity index (χ3v) is 4.12. The van der Waals surface area contributed by atoms with Crippen molar-refractivity contribution in [3.05, 3.63) is 23.1 Å². The van der Waals surface area contributed by atoms with Crippen LogP contribution in [0.3, 0.4) is 0 Å². The van der Waals surface area contributed by atoms with Crippen molar-refractivity contribution in [3.63, 3.8) is 0 Å². The summed E-state index contributed by atoms with van der Waals surface area (Å²) in [7, 11) is 0. The van der Waals surface area contributed by atoms with Crippen LogP contribution in [0.5, 0.6) is 0 Å². The molecule has 2 nitrogen and oxygen atoms in total. The number of hydrogen-bond acceptors (Lipinski definition) is 2. The fourth-order valence-electron chi connectivity index (χ4n) is 2.88. The van der Waals surface area contributed by atoms with E-state index < -0.39 is 0 Å². The van der Waals surface area contributed by atoms with Crippen LogP contribution in [0.2, 0.25) is 5.22 Å². The molecule has 2 rings (SSSR count). The standard InChI is InChI=1S/C15H24ClNO/c1-2-11-17-13(14-9-10-15(16)18-14)8-7-12-5-3-4-6-12/h9-10,12-13,17H,2-8,11H2,1H3. The molecule has 0 saturated heterocycles. The van der Waals surface area contributed by atoms with Gasteiger partial charge in [-0.2, -0.15) is 0 Å². The van der Waals surface area contributed by atoms with Crippen molar-refractivity contribution in [1.29, 1.82) is 0 Å². The Hall–Kier alpha value is -0.470. The van der Waals surface area contributed by atoms with Crippen molar-refractivity contribution >= 4 is 11.6 Å². The van der Waals surface area contributed by atoms with E-state index in [2.05, 4.69) is 12.2 Å². The van der Waals surface area contributed by atoms with Crippen LogP contribution in [0, 0.1) is 5.92 Å². The highest BCUT2D eigenvalue weighted by molar-refractivity contribution is 6.28. The summed E-state index contributed by atoms with van der Waals surface area (Å²) in [5, 5.41) is 4.07. The molecule has 0 radical (unpaired) electrons. The molecule has 0 spiro atoms. The van der Waals surface area contributed by atoms with E-state index in [4.69, 9.17) is 16.0 Å². The number of furan rings is 1. The molecule has 0 aromatic carbocycles. The molecule has 1 aliphatic rings. The monoisotopic (exact) mass is 269 g/mol. The molecule has 1 unspecified atom stereocenters. The topological polar surface area (TPSA) is 25.2 Å². The average molecular weight is 270 g/mol. The van der Waals surface area contributed by atoms with Gasteiger partial charge in [-0.1, -0.05) is 32.6 Å². The Kier molecular flexibility index (Phi) is 5.58. The largest absolute Gasteiger partial charge is 0.448 e. The summed E-state index contributed by atoms with van der Waals surface area (Å²) in [4.78, 5) is 0. The summed E-state index contributed by atoms with van der Waals surface area (Å²) >= 11 is 5.87. The Morgan fingerprint density at radius 3 is 2.78 bits per heavy atom. The molecular formula is C15H24ClNO. The fraction of sp³-hybridized carbons (Fsp3) is 0.733. The summed E-state index contributed by atoms with van der Waals surface area (Å²) in [5.74, 6) is 1.92. The van der Waals surface area contributed by atoms with Crippen molar-refractivity contribution in [2.45, 2.75) is 57.9 Å². The lowest BCUT2D eigenvalue weighted by atomic mass is 9.97. The highest BCUT2D eigenvalue weighted by Gasteiger charge is 2.19. The molecule has 1 fully saturated rings. The van der Waals surface area contributed by atoms with Crippen molar-refractivity contribution in [1.82, 2.24) is 5.32 Å². The Bertz CT molecular complexity index is 344. The number of hydrogen-bond donors (Lipinski definition) is 1. The lowest BCUT2D eigenvalue weighted by molar-refractivity contribution is 0.360. The Balaban J connectivity index is 1.87. The van der Waals surface area contributed by atoms with Gasteiger partial charge in [-0.15, -0.1) is 0 Å². The first kappa shape index (κ1) is 14.0. The van der Waals surface area contributed by atoms with Crippen LogP contribution in [0.15, 0.2) is 16.5 Å². The van der Waals surface area contributed by atoms with Crippen LogP contribution in [0.1, 0.15) is 63.7 Å². The zero-order valence-corrected chi connectivity index (χ0v) is 12.0. The quantitative estimate of drug-likeness (QED) is 0.758. The summed E-state index contributed by atoms with van der Waals surface area (Å²) in [5.41, 5.74) is 0. The van der Waals surface area contributed by atoms with Gasteiger partial charge in [-0.3, -0.25) is 0 Å². The average Bonchev–Trinajstić information content (AvgIpc) is 3.01. The van der Waals surface area contributed by atoms with Gasteiger partial charge in [-0.25, -0.2) is 0 Å². The second kappa shape index (κ2) is 7.20. The van der Waals surface area contributed by atoms with Gasteiger partial charge < -0.3 is 9.73 Å². The summed E-state index contributed by atoms with van der Waals surface area (Å²) in [6.45, 7) is 3.23. The van der Waals surface area contributed by atoms with E-state index in [1.165, 1.54) is 32.1 Å². The molecule has 102 valence electrons. The van der Waals surface area contributed by atoms with Crippen LogP contribution in [0.4, 0.5) is 0 Å². The minimum atomic E-state index is 0.332. The van der Waals surface area contributed by atoms with Gasteiger partial charge in [0, 0.05) is 0 Å². The first-order valence-electron chi connectivity index (χ1n) is 7.28. The Morgan fingerprint density at radius 2 is 2.17 bits per heavy atom. The van der Waals surface area contributed by atoms with Gasteiger partial charge in [-0.05, 0) is 55.5 Å². The molecule has 0 bridgehead atoms. The molecule has 1 heterocycles. The van der Waals surface area contributed by atoms with Gasteiger partial charge in [0.1, 0.15) is 5.76 Å². The third-order valence-electron chi connectivity index (χ3n) is 3.92. The van der Waals surface area contributed by atoms with Gasteiger partial charge >= 0.3 is 0 Å². The first-order chi connectivity index (χ1) is 8.79. The summed E-state index contributed by atoms with van der Waals surface area (Å²) in [6.07, 6.45) is 9.29. The van der Waals surface area contributed by atoms with Crippen molar-refractivity contribution in [2.24, 2.45) is 5.92 Å². The van der Waals surface area contributed by atoms with E-state index in [1.54, 1.807) is 0 Å². The fourth-order valence-corrected chi connectivity index (χ4v) is 3.03. The van der Waals surface area contributed by atoms with Crippen LogP contribution < -0.4 is 5.32 Å². The molecule has 3 heteroatoms. The van der Waals surface area contributed by atoms with Crippen LogP contribution in [0.25, 0.3) is 0 Å². The first-order valence-corrected chi connectivity index (χ1v) is 7.66. The van der Waals surface area contributed by atoms with Crippen LogP contribution >= 0.6 is 11.6 Å². The van der Waals surface area contributed by atoms with Gasteiger partial charge in [0.15, 0.2) is 5.22 Å². The lowest BCUT2D eigenvalue weighted by Crippen LogP contribution is -2.22. The predicted molar refractivity (Wildman–Crippen MR) is 75.9 cm³/mol. The third kappa shape index (κ3) is 4.03. The Morgan fingerprint density at radius 1 is 1.39 bits per heavy atom. The maximum atomic E-state index is 5.87. The molecule has 1 aromatic rings. The SMILES string of the molecule is CCCNC(CCC1CCCC1)c1ccc(Cl)o1. The second-order valence-corrected chi connectivity index (χ2v) is 5.75. The minimum Gasteiger partial charge on any atom is -0.448 e. The van der Waals surface area contributed by atoms with E-state index in [0.29, 0.717) is 11.3 Å². The van der Waals surface area contributed by atoms with Crippen molar-refractivity contribution in [2.75, 3.05) is 6.54 Å². The highest BCUT2D eigenvalue weighted by atomic mass is 35.5. The summed E-state index contributed by atoms with van der Waals surface area (Å²) < 4.78 is 5.56. The van der Waals surface area contributed by atoms with E-state index in [9.17, 15) is 0 Å². The van der Waals surface area contributed by atoms with E-state index in [0.717, 1.165) is 31.1 Å². The smallest absolute Gasteiger partial charge is 0.193 e. The van der Waals surface area contributed by atoms with E-state index in [1.807, 2.05) is 12.1 Å². The Labute approximate surface area is 115 Å². The maximum absolute atomic E-state index is 5.87. The molecule has 1 aliphatic carbocycles. The number of rotatable bonds is 7. The maximum Gasteiger partial charge on any atom is 0.193 e. The van der Waals surface area contributed by atoms with Crippen LogP contribution in [-0.4, -0.2) is 6.54 Å². The lowest BCUT2D eigenvalue weighted by Gasteiger charge is -2.18. The predicted octanol–water partition coefficient (Wildman–Crippen LogP) is 4.94.